The summed E-state index contributed by atoms with van der Waals surface area (Å²) in [4.78, 5) is 4.17. The lowest BCUT2D eigenvalue weighted by atomic mass is 10.5. The fourth-order valence-corrected chi connectivity index (χ4v) is 2.79. The van der Waals surface area contributed by atoms with E-state index in [2.05, 4.69) is 56.5 Å². The van der Waals surface area contributed by atoms with E-state index in [1.54, 1.807) is 0 Å². The van der Waals surface area contributed by atoms with Crippen LogP contribution in [0.3, 0.4) is 0 Å². The minimum Gasteiger partial charge on any atom is -0.465 e. The molecule has 0 saturated carbocycles. The van der Waals surface area contributed by atoms with Gasteiger partial charge < -0.3 is 9.47 Å². The van der Waals surface area contributed by atoms with Crippen molar-refractivity contribution in [2.45, 2.75) is 25.7 Å². The number of halogens is 2. The van der Waals surface area contributed by atoms with E-state index < -0.39 is 8.07 Å². The Morgan fingerprint density at radius 2 is 1.94 bits per heavy atom. The summed E-state index contributed by atoms with van der Waals surface area (Å²) in [5.74, 6) is 0.696. The first-order valence-electron chi connectivity index (χ1n) is 5.41. The van der Waals surface area contributed by atoms with Crippen molar-refractivity contribution in [1.29, 1.82) is 0 Å². The van der Waals surface area contributed by atoms with Gasteiger partial charge in [0.2, 0.25) is 0 Å². The molecule has 0 atom stereocenters. The molecule has 96 valence electrons. The lowest BCUT2D eigenvalue weighted by molar-refractivity contribution is 0.0213. The van der Waals surface area contributed by atoms with Crippen LogP contribution in [0.15, 0.2) is 21.3 Å². The Hall–Kier alpha value is 0.0869. The molecule has 1 rings (SSSR count). The van der Waals surface area contributed by atoms with Crippen molar-refractivity contribution in [2.24, 2.45) is 0 Å². The molecule has 0 bridgehead atoms. The van der Waals surface area contributed by atoms with Crippen molar-refractivity contribution < 1.29 is 9.47 Å². The molecule has 1 aromatic heterocycles. The minimum absolute atomic E-state index is 0.270. The van der Waals surface area contributed by atoms with Crippen LogP contribution < -0.4 is 4.74 Å². The van der Waals surface area contributed by atoms with Crippen molar-refractivity contribution in [3.63, 3.8) is 0 Å². The summed E-state index contributed by atoms with van der Waals surface area (Å²) in [6.45, 7) is 8.01. The lowest BCUT2D eigenvalue weighted by Crippen LogP contribution is -2.22. The number of hydrogen-bond donors (Lipinski definition) is 0. The second-order valence-electron chi connectivity index (χ2n) is 4.90. The van der Waals surface area contributed by atoms with Crippen LogP contribution >= 0.6 is 31.9 Å². The molecular formula is C11H17Br2NO2Si. The van der Waals surface area contributed by atoms with Gasteiger partial charge in [-0.15, -0.1) is 0 Å². The molecule has 1 heterocycles. The topological polar surface area (TPSA) is 31.4 Å². The predicted octanol–water partition coefficient (Wildman–Crippen LogP) is 4.30. The van der Waals surface area contributed by atoms with E-state index in [9.17, 15) is 0 Å². The third-order valence-corrected chi connectivity index (χ3v) is 4.79. The Bertz CT molecular complexity index is 369. The third kappa shape index (κ3) is 6.54. The normalized spacial score (nSPS) is 11.6. The summed E-state index contributed by atoms with van der Waals surface area (Å²) in [7, 11) is -1.01. The van der Waals surface area contributed by atoms with Crippen molar-refractivity contribution in [3.8, 4) is 5.75 Å². The molecule has 0 fully saturated rings. The maximum Gasteiger partial charge on any atom is 0.189 e. The van der Waals surface area contributed by atoms with Gasteiger partial charge in [-0.05, 0) is 50.0 Å². The summed E-state index contributed by atoms with van der Waals surface area (Å²) in [6.07, 6.45) is 0. The molecule has 1 aromatic rings. The maximum absolute atomic E-state index is 5.47. The van der Waals surface area contributed by atoms with E-state index in [4.69, 9.17) is 9.47 Å². The molecular weight excluding hydrogens is 366 g/mol. The average molecular weight is 383 g/mol. The van der Waals surface area contributed by atoms with E-state index in [0.717, 1.165) is 17.3 Å². The Morgan fingerprint density at radius 1 is 1.24 bits per heavy atom. The van der Waals surface area contributed by atoms with Gasteiger partial charge in [0.25, 0.3) is 0 Å². The van der Waals surface area contributed by atoms with Crippen LogP contribution in [0.2, 0.25) is 25.7 Å². The Balaban J connectivity index is 2.27. The van der Waals surface area contributed by atoms with Gasteiger partial charge in [0.1, 0.15) is 9.21 Å². The molecule has 0 aliphatic rings. The SMILES string of the molecule is C[Si](C)(C)CCOCOc1ccc(Br)nc1Br. The highest BCUT2D eigenvalue weighted by molar-refractivity contribution is 9.11. The zero-order chi connectivity index (χ0) is 12.9. The Kier molecular flexibility index (Phi) is 6.12. The summed E-state index contributed by atoms with van der Waals surface area (Å²) in [6, 6.07) is 4.83. The first kappa shape index (κ1) is 15.1. The van der Waals surface area contributed by atoms with Crippen molar-refractivity contribution in [1.82, 2.24) is 4.98 Å². The smallest absolute Gasteiger partial charge is 0.189 e. The molecule has 0 radical (unpaired) electrons. The van der Waals surface area contributed by atoms with Crippen LogP contribution in [0.5, 0.6) is 5.75 Å². The molecule has 3 nitrogen and oxygen atoms in total. The van der Waals surface area contributed by atoms with Gasteiger partial charge in [0.15, 0.2) is 12.5 Å². The van der Waals surface area contributed by atoms with Gasteiger partial charge in [-0.1, -0.05) is 19.6 Å². The van der Waals surface area contributed by atoms with Crippen LogP contribution in [-0.2, 0) is 4.74 Å². The molecule has 0 N–H and O–H groups in total. The summed E-state index contributed by atoms with van der Waals surface area (Å²) in [5.41, 5.74) is 0. The number of rotatable bonds is 6. The summed E-state index contributed by atoms with van der Waals surface area (Å²) in [5, 5.41) is 0. The molecule has 17 heavy (non-hydrogen) atoms. The molecule has 6 heteroatoms. The van der Waals surface area contributed by atoms with Crippen LogP contribution in [-0.4, -0.2) is 26.5 Å². The van der Waals surface area contributed by atoms with Gasteiger partial charge >= 0.3 is 0 Å². The first-order valence-corrected chi connectivity index (χ1v) is 10.7. The Labute approximate surface area is 120 Å². The molecule has 0 saturated heterocycles. The number of aromatic nitrogens is 1. The van der Waals surface area contributed by atoms with E-state index >= 15 is 0 Å². The standard InChI is InChI=1S/C11H17Br2NO2Si/c1-17(2,3)7-6-15-8-16-9-4-5-10(12)14-11(9)13/h4-5H,6-8H2,1-3H3. The van der Waals surface area contributed by atoms with Crippen LogP contribution in [0, 0.1) is 0 Å². The van der Waals surface area contributed by atoms with Crippen molar-refractivity contribution >= 4 is 39.9 Å². The summed E-state index contributed by atoms with van der Waals surface area (Å²) >= 11 is 6.62. The van der Waals surface area contributed by atoms with Crippen LogP contribution in [0.25, 0.3) is 0 Å². The predicted molar refractivity (Wildman–Crippen MR) is 79.2 cm³/mol. The van der Waals surface area contributed by atoms with Crippen LogP contribution in [0.4, 0.5) is 0 Å². The largest absolute Gasteiger partial charge is 0.465 e. The molecule has 0 aliphatic heterocycles. The zero-order valence-corrected chi connectivity index (χ0v) is 14.5. The van der Waals surface area contributed by atoms with Crippen LogP contribution in [0.1, 0.15) is 0 Å². The lowest BCUT2D eigenvalue weighted by Gasteiger charge is -2.15. The second-order valence-corrected chi connectivity index (χ2v) is 12.1. The number of ether oxygens (including phenoxy) is 2. The first-order chi connectivity index (χ1) is 7.88. The van der Waals surface area contributed by atoms with E-state index in [1.165, 1.54) is 0 Å². The van der Waals surface area contributed by atoms with E-state index in [0.29, 0.717) is 10.4 Å². The fourth-order valence-electron chi connectivity index (χ4n) is 1.05. The summed E-state index contributed by atoms with van der Waals surface area (Å²) < 4.78 is 12.4. The molecule has 0 spiro atoms. The molecule has 0 aliphatic carbocycles. The highest BCUT2D eigenvalue weighted by Crippen LogP contribution is 2.24. The number of hydrogen-bond acceptors (Lipinski definition) is 3. The zero-order valence-electron chi connectivity index (χ0n) is 10.3. The minimum atomic E-state index is -1.01. The molecule has 0 unspecified atom stereocenters. The highest BCUT2D eigenvalue weighted by Gasteiger charge is 2.12. The molecule has 0 amide bonds. The van der Waals surface area contributed by atoms with E-state index in [-0.39, 0.29) is 6.79 Å². The fraction of sp³-hybridized carbons (Fsp3) is 0.545. The van der Waals surface area contributed by atoms with Gasteiger partial charge in [-0.2, -0.15) is 0 Å². The van der Waals surface area contributed by atoms with Crippen molar-refractivity contribution in [3.05, 3.63) is 21.3 Å². The van der Waals surface area contributed by atoms with Crippen molar-refractivity contribution in [2.75, 3.05) is 13.4 Å². The van der Waals surface area contributed by atoms with Gasteiger partial charge in [-0.3, -0.25) is 0 Å². The number of nitrogens with zero attached hydrogens (tertiary/aromatic N) is 1. The van der Waals surface area contributed by atoms with Gasteiger partial charge in [0.05, 0.1) is 0 Å². The quantitative estimate of drug-likeness (QED) is 0.318. The second kappa shape index (κ2) is 6.87. The molecule has 0 aromatic carbocycles. The average Bonchev–Trinajstić information content (AvgIpc) is 2.18. The van der Waals surface area contributed by atoms with Gasteiger partial charge in [-0.25, -0.2) is 4.98 Å². The monoisotopic (exact) mass is 381 g/mol. The third-order valence-electron chi connectivity index (χ3n) is 2.07. The van der Waals surface area contributed by atoms with Gasteiger partial charge in [0, 0.05) is 14.7 Å². The highest BCUT2D eigenvalue weighted by atomic mass is 79.9. The van der Waals surface area contributed by atoms with E-state index in [1.807, 2.05) is 12.1 Å². The number of pyridine rings is 1. The Morgan fingerprint density at radius 3 is 2.53 bits per heavy atom. The maximum atomic E-state index is 5.47.